The molecule has 5 nitrogen and oxygen atoms in total. The lowest BCUT2D eigenvalue weighted by atomic mass is 10.2. The second-order valence-electron chi connectivity index (χ2n) is 7.01. The molecule has 1 fully saturated rings. The molecule has 0 radical (unpaired) electrons. The van der Waals surface area contributed by atoms with Gasteiger partial charge in [0.1, 0.15) is 63.5 Å². The number of rotatable bonds is 8. The molecule has 0 saturated carbocycles. The van der Waals surface area contributed by atoms with Crippen LogP contribution in [0.3, 0.4) is 0 Å². The van der Waals surface area contributed by atoms with Crippen LogP contribution in [0.15, 0.2) is 54.6 Å². The largest absolute Gasteiger partial charge is 0.497 e. The Balaban J connectivity index is 1.37. The first-order chi connectivity index (χ1) is 12.7. The van der Waals surface area contributed by atoms with Crippen LogP contribution < -0.4 is 19.3 Å². The van der Waals surface area contributed by atoms with Gasteiger partial charge in [-0.3, -0.25) is 0 Å². The zero-order valence-electron chi connectivity index (χ0n) is 15.5. The third-order valence-corrected chi connectivity index (χ3v) is 4.97. The highest BCUT2D eigenvalue weighted by Gasteiger charge is 2.25. The average molecular weight is 358 g/mol. The summed E-state index contributed by atoms with van der Waals surface area (Å²) in [6.45, 7) is 6.63. The Labute approximate surface area is 155 Å². The molecule has 0 unspecified atom stereocenters. The highest BCUT2D eigenvalue weighted by atomic mass is 16.5. The van der Waals surface area contributed by atoms with Crippen LogP contribution in [-0.4, -0.2) is 57.7 Å². The van der Waals surface area contributed by atoms with Gasteiger partial charge in [-0.25, -0.2) is 0 Å². The molecule has 5 heteroatoms. The summed E-state index contributed by atoms with van der Waals surface area (Å²) >= 11 is 0. The molecule has 26 heavy (non-hydrogen) atoms. The molecule has 0 aliphatic carbocycles. The van der Waals surface area contributed by atoms with Gasteiger partial charge in [0.2, 0.25) is 0 Å². The Bertz CT molecular complexity index is 657. The summed E-state index contributed by atoms with van der Waals surface area (Å²) in [5.74, 6) is 1.50. The number of benzene rings is 2. The van der Waals surface area contributed by atoms with E-state index in [1.807, 2.05) is 24.3 Å². The molecule has 1 aliphatic rings. The highest BCUT2D eigenvalue weighted by Crippen LogP contribution is 2.18. The standard InChI is InChI=1S/C21H28N2O3/c1-25-20-8-5-9-21(14-20)26-17-19(24)16-23-12-10-22(11-13-23)15-18-6-3-2-4-7-18/h2-9,14,19,24H,10-13,15-17H2,1H3/p+2/t19-/m1/s1. The van der Waals surface area contributed by atoms with Crippen molar-refractivity contribution in [2.24, 2.45) is 0 Å². The molecule has 0 bridgehead atoms. The van der Waals surface area contributed by atoms with Crippen molar-refractivity contribution in [3.63, 3.8) is 0 Å². The van der Waals surface area contributed by atoms with Crippen LogP contribution in [0.25, 0.3) is 0 Å². The second-order valence-corrected chi connectivity index (χ2v) is 7.01. The van der Waals surface area contributed by atoms with Crippen molar-refractivity contribution in [1.29, 1.82) is 0 Å². The summed E-state index contributed by atoms with van der Waals surface area (Å²) in [6.07, 6.45) is -0.452. The molecule has 0 amide bonds. The molecule has 0 aromatic heterocycles. The van der Waals surface area contributed by atoms with Gasteiger partial charge in [-0.2, -0.15) is 0 Å². The first-order valence-electron chi connectivity index (χ1n) is 9.39. The molecule has 1 saturated heterocycles. The molecule has 1 aliphatic heterocycles. The molecule has 3 N–H and O–H groups in total. The van der Waals surface area contributed by atoms with E-state index < -0.39 is 6.10 Å². The number of hydrogen-bond acceptors (Lipinski definition) is 3. The molecule has 0 spiro atoms. The van der Waals surface area contributed by atoms with Gasteiger partial charge in [0, 0.05) is 11.6 Å². The molecule has 3 rings (SSSR count). The number of nitrogens with one attached hydrogen (secondary N) is 2. The number of ether oxygens (including phenoxy) is 2. The van der Waals surface area contributed by atoms with E-state index in [0.29, 0.717) is 6.61 Å². The van der Waals surface area contributed by atoms with E-state index in [9.17, 15) is 5.11 Å². The van der Waals surface area contributed by atoms with Gasteiger partial charge in [0.05, 0.1) is 7.11 Å². The minimum atomic E-state index is -0.452. The van der Waals surface area contributed by atoms with E-state index in [0.717, 1.165) is 50.8 Å². The van der Waals surface area contributed by atoms with Gasteiger partial charge < -0.3 is 24.4 Å². The molecular formula is C21H30N2O3+2. The van der Waals surface area contributed by atoms with Gasteiger partial charge in [0.15, 0.2) is 0 Å². The number of hydrogen-bond donors (Lipinski definition) is 3. The van der Waals surface area contributed by atoms with E-state index in [-0.39, 0.29) is 0 Å². The molecule has 2 aromatic rings. The lowest BCUT2D eigenvalue weighted by Crippen LogP contribution is -3.28. The fourth-order valence-corrected chi connectivity index (χ4v) is 3.50. The zero-order valence-corrected chi connectivity index (χ0v) is 15.5. The summed E-state index contributed by atoms with van der Waals surface area (Å²) < 4.78 is 10.9. The fourth-order valence-electron chi connectivity index (χ4n) is 3.50. The quantitative estimate of drug-likeness (QED) is 0.592. The van der Waals surface area contributed by atoms with Gasteiger partial charge >= 0.3 is 0 Å². The van der Waals surface area contributed by atoms with Crippen LogP contribution in [0.1, 0.15) is 5.56 Å². The van der Waals surface area contributed by atoms with Crippen LogP contribution in [0.5, 0.6) is 11.5 Å². The van der Waals surface area contributed by atoms with E-state index in [2.05, 4.69) is 30.3 Å². The van der Waals surface area contributed by atoms with Gasteiger partial charge in [0.25, 0.3) is 0 Å². The van der Waals surface area contributed by atoms with Crippen LogP contribution >= 0.6 is 0 Å². The predicted octanol–water partition coefficient (Wildman–Crippen LogP) is -0.581. The summed E-state index contributed by atoms with van der Waals surface area (Å²) in [6, 6.07) is 18.2. The van der Waals surface area contributed by atoms with Crippen LogP contribution in [0.2, 0.25) is 0 Å². The van der Waals surface area contributed by atoms with Crippen molar-refractivity contribution in [2.75, 3.05) is 46.4 Å². The molecule has 2 aromatic carbocycles. The summed E-state index contributed by atoms with van der Waals surface area (Å²) in [5, 5.41) is 10.3. The maximum Gasteiger partial charge on any atom is 0.137 e. The normalized spacial score (nSPS) is 21.2. The van der Waals surface area contributed by atoms with E-state index in [1.165, 1.54) is 10.5 Å². The van der Waals surface area contributed by atoms with Crippen molar-refractivity contribution in [3.05, 3.63) is 60.2 Å². The predicted molar refractivity (Wildman–Crippen MR) is 101 cm³/mol. The summed E-state index contributed by atoms with van der Waals surface area (Å²) in [5.41, 5.74) is 1.40. The van der Waals surface area contributed by atoms with Crippen LogP contribution in [0, 0.1) is 0 Å². The topological polar surface area (TPSA) is 47.6 Å². The van der Waals surface area contributed by atoms with Crippen molar-refractivity contribution in [1.82, 2.24) is 0 Å². The van der Waals surface area contributed by atoms with Crippen LogP contribution in [0.4, 0.5) is 0 Å². The van der Waals surface area contributed by atoms with Crippen molar-refractivity contribution >= 4 is 0 Å². The van der Waals surface area contributed by atoms with E-state index in [1.54, 1.807) is 12.0 Å². The van der Waals surface area contributed by atoms with Crippen LogP contribution in [-0.2, 0) is 6.54 Å². The average Bonchev–Trinajstić information content (AvgIpc) is 2.69. The SMILES string of the molecule is COc1cccc(OC[C@H](O)C[NH+]2CC[NH+](Cc3ccccc3)CC2)c1. The number of piperazine rings is 1. The molecule has 1 atom stereocenters. The van der Waals surface area contributed by atoms with Crippen molar-refractivity contribution in [3.8, 4) is 11.5 Å². The zero-order chi connectivity index (χ0) is 18.2. The second kappa shape index (κ2) is 9.57. The monoisotopic (exact) mass is 358 g/mol. The fraction of sp³-hybridized carbons (Fsp3) is 0.429. The Morgan fingerprint density at radius 2 is 1.62 bits per heavy atom. The maximum atomic E-state index is 10.3. The van der Waals surface area contributed by atoms with Gasteiger partial charge in [-0.05, 0) is 12.1 Å². The van der Waals surface area contributed by atoms with Gasteiger partial charge in [-0.15, -0.1) is 0 Å². The minimum absolute atomic E-state index is 0.317. The van der Waals surface area contributed by atoms with Crippen molar-refractivity contribution < 1.29 is 24.4 Å². The first kappa shape index (κ1) is 18.7. The Kier molecular flexibility index (Phi) is 6.89. The third-order valence-electron chi connectivity index (χ3n) is 4.97. The highest BCUT2D eigenvalue weighted by molar-refractivity contribution is 5.32. The van der Waals surface area contributed by atoms with Gasteiger partial charge in [-0.1, -0.05) is 36.4 Å². The van der Waals surface area contributed by atoms with E-state index in [4.69, 9.17) is 9.47 Å². The lowest BCUT2D eigenvalue weighted by Gasteiger charge is -2.30. The Morgan fingerprint density at radius 3 is 2.35 bits per heavy atom. The Morgan fingerprint density at radius 1 is 0.923 bits per heavy atom. The molecule has 1 heterocycles. The summed E-state index contributed by atoms with van der Waals surface area (Å²) in [7, 11) is 1.64. The number of methoxy groups -OCH3 is 1. The number of quaternary nitrogens is 2. The molecule has 140 valence electrons. The Hall–Kier alpha value is -2.08. The maximum absolute atomic E-state index is 10.3. The summed E-state index contributed by atoms with van der Waals surface area (Å²) in [4.78, 5) is 3.09. The molecular weight excluding hydrogens is 328 g/mol. The minimum Gasteiger partial charge on any atom is -0.497 e. The lowest BCUT2D eigenvalue weighted by molar-refractivity contribution is -1.02. The third kappa shape index (κ3) is 5.73. The smallest absolute Gasteiger partial charge is 0.137 e. The van der Waals surface area contributed by atoms with E-state index >= 15 is 0 Å². The van der Waals surface area contributed by atoms with Crippen molar-refractivity contribution in [2.45, 2.75) is 12.6 Å². The number of aliphatic hydroxyl groups is 1. The number of aliphatic hydroxyl groups excluding tert-OH is 1. The first-order valence-corrected chi connectivity index (χ1v) is 9.39.